The van der Waals surface area contributed by atoms with Gasteiger partial charge in [-0.05, 0) is 25.8 Å². The number of nitrogens with zero attached hydrogens (tertiary/aromatic N) is 1. The first kappa shape index (κ1) is 26.5. The highest BCUT2D eigenvalue weighted by molar-refractivity contribution is 5.93. The molecule has 0 saturated carbocycles. The standard InChI is InChI=1S/C18H29N7O7/c19-4-2-1-3-12(18(31)32)25-17(30)13(5-10-7-21-9-23-10)24-14(26)8-22-16(29)11(20)6-15(27)28/h7,9,11-13H,1-6,8,19-20H2,(H,21,23)(H,22,29)(H,24,26)(H,25,30)(H,27,28)(H,31,32)/t11-,12-,13-/m0/s1. The fourth-order valence-corrected chi connectivity index (χ4v) is 2.67. The molecule has 0 bridgehead atoms. The lowest BCUT2D eigenvalue weighted by molar-refractivity contribution is -0.142. The molecule has 0 saturated heterocycles. The summed E-state index contributed by atoms with van der Waals surface area (Å²) in [5.74, 6) is -4.84. The molecule has 178 valence electrons. The van der Waals surface area contributed by atoms with Gasteiger partial charge < -0.3 is 42.6 Å². The van der Waals surface area contributed by atoms with Crippen molar-refractivity contribution in [1.82, 2.24) is 25.9 Å². The molecule has 0 unspecified atom stereocenters. The van der Waals surface area contributed by atoms with Crippen LogP contribution in [0.5, 0.6) is 0 Å². The Morgan fingerprint density at radius 1 is 1.06 bits per heavy atom. The second-order valence-corrected chi connectivity index (χ2v) is 6.99. The maximum Gasteiger partial charge on any atom is 0.326 e. The number of aliphatic carboxylic acids is 2. The van der Waals surface area contributed by atoms with Crippen molar-refractivity contribution in [2.24, 2.45) is 11.5 Å². The molecule has 0 fully saturated rings. The molecule has 0 aliphatic heterocycles. The minimum absolute atomic E-state index is 0.0390. The Morgan fingerprint density at radius 2 is 1.78 bits per heavy atom. The van der Waals surface area contributed by atoms with Crippen LogP contribution >= 0.6 is 0 Å². The van der Waals surface area contributed by atoms with Crippen molar-refractivity contribution in [3.05, 3.63) is 18.2 Å². The number of hydrogen-bond donors (Lipinski definition) is 8. The number of carbonyl (C=O) groups is 5. The summed E-state index contributed by atoms with van der Waals surface area (Å²) in [4.78, 5) is 65.5. The van der Waals surface area contributed by atoms with Gasteiger partial charge in [0.25, 0.3) is 0 Å². The Morgan fingerprint density at radius 3 is 2.34 bits per heavy atom. The van der Waals surface area contributed by atoms with Crippen molar-refractivity contribution in [3.63, 3.8) is 0 Å². The van der Waals surface area contributed by atoms with Gasteiger partial charge in [-0.25, -0.2) is 9.78 Å². The van der Waals surface area contributed by atoms with E-state index in [0.717, 1.165) is 0 Å². The zero-order chi connectivity index (χ0) is 24.1. The van der Waals surface area contributed by atoms with Crippen LogP contribution in [0.3, 0.4) is 0 Å². The van der Waals surface area contributed by atoms with Crippen LogP contribution in [0.1, 0.15) is 31.4 Å². The predicted octanol–water partition coefficient (Wildman–Crippen LogP) is -2.95. The quantitative estimate of drug-likeness (QED) is 0.125. The lowest BCUT2D eigenvalue weighted by Gasteiger charge is -2.21. The van der Waals surface area contributed by atoms with Gasteiger partial charge >= 0.3 is 11.9 Å². The number of amides is 3. The number of hydrogen-bond acceptors (Lipinski definition) is 8. The minimum Gasteiger partial charge on any atom is -0.481 e. The first-order chi connectivity index (χ1) is 15.1. The Bertz CT molecular complexity index is 785. The number of carboxylic acid groups (broad SMARTS) is 2. The lowest BCUT2D eigenvalue weighted by atomic mass is 10.1. The highest BCUT2D eigenvalue weighted by atomic mass is 16.4. The molecule has 1 aromatic rings. The largest absolute Gasteiger partial charge is 0.481 e. The van der Waals surface area contributed by atoms with Gasteiger partial charge in [-0.15, -0.1) is 0 Å². The first-order valence-electron chi connectivity index (χ1n) is 9.89. The van der Waals surface area contributed by atoms with Crippen molar-refractivity contribution >= 4 is 29.7 Å². The molecule has 0 aliphatic carbocycles. The highest BCUT2D eigenvalue weighted by Gasteiger charge is 2.27. The van der Waals surface area contributed by atoms with Gasteiger partial charge in [-0.3, -0.25) is 19.2 Å². The molecule has 0 aliphatic rings. The van der Waals surface area contributed by atoms with Crippen molar-refractivity contribution < 1.29 is 34.2 Å². The smallest absolute Gasteiger partial charge is 0.326 e. The molecule has 3 amide bonds. The third-order valence-electron chi connectivity index (χ3n) is 4.34. The number of aromatic amines is 1. The van der Waals surface area contributed by atoms with Crippen molar-refractivity contribution in [1.29, 1.82) is 0 Å². The average Bonchev–Trinajstić information content (AvgIpc) is 3.23. The highest BCUT2D eigenvalue weighted by Crippen LogP contribution is 2.04. The molecule has 32 heavy (non-hydrogen) atoms. The van der Waals surface area contributed by atoms with Gasteiger partial charge in [0.15, 0.2) is 0 Å². The molecule has 0 aromatic carbocycles. The van der Waals surface area contributed by atoms with E-state index in [2.05, 4.69) is 25.9 Å². The van der Waals surface area contributed by atoms with Crippen molar-refractivity contribution in [3.8, 4) is 0 Å². The second-order valence-electron chi connectivity index (χ2n) is 6.99. The van der Waals surface area contributed by atoms with E-state index in [9.17, 15) is 29.1 Å². The van der Waals surface area contributed by atoms with Gasteiger partial charge in [0.2, 0.25) is 17.7 Å². The number of nitrogens with two attached hydrogens (primary N) is 2. The molecular formula is C18H29N7O7. The van der Waals surface area contributed by atoms with Gasteiger partial charge in [0.1, 0.15) is 12.1 Å². The number of nitrogens with one attached hydrogen (secondary N) is 4. The van der Waals surface area contributed by atoms with E-state index >= 15 is 0 Å². The molecule has 14 heteroatoms. The fraction of sp³-hybridized carbons (Fsp3) is 0.556. The number of carboxylic acids is 2. The Labute approximate surface area is 183 Å². The van der Waals surface area contributed by atoms with Crippen molar-refractivity contribution in [2.45, 2.75) is 50.2 Å². The van der Waals surface area contributed by atoms with E-state index in [1.807, 2.05) is 0 Å². The molecule has 10 N–H and O–H groups in total. The number of aromatic nitrogens is 2. The zero-order valence-corrected chi connectivity index (χ0v) is 17.4. The number of unbranched alkanes of at least 4 members (excludes halogenated alkanes) is 1. The summed E-state index contributed by atoms with van der Waals surface area (Å²) in [7, 11) is 0. The van der Waals surface area contributed by atoms with Crippen LogP contribution in [-0.4, -0.2) is 81.1 Å². The second kappa shape index (κ2) is 13.7. The topological polar surface area (TPSA) is 243 Å². The molecule has 1 rings (SSSR count). The third kappa shape index (κ3) is 9.99. The molecule has 0 radical (unpaired) electrons. The number of H-pyrrole nitrogens is 1. The molecule has 0 spiro atoms. The summed E-state index contributed by atoms with van der Waals surface area (Å²) < 4.78 is 0. The predicted molar refractivity (Wildman–Crippen MR) is 110 cm³/mol. The van der Waals surface area contributed by atoms with Gasteiger partial charge in [-0.2, -0.15) is 0 Å². The Kier molecular flexibility index (Phi) is 11.4. The Hall–Kier alpha value is -3.52. The summed E-state index contributed by atoms with van der Waals surface area (Å²) in [6, 6.07) is -3.68. The van der Waals surface area contributed by atoms with E-state index in [1.54, 1.807) is 0 Å². The van der Waals surface area contributed by atoms with Crippen LogP contribution < -0.4 is 27.4 Å². The van der Waals surface area contributed by atoms with Crippen LogP contribution in [0, 0.1) is 0 Å². The number of rotatable bonds is 15. The molecule has 3 atom stereocenters. The van der Waals surface area contributed by atoms with E-state index in [-0.39, 0.29) is 12.8 Å². The maximum absolute atomic E-state index is 12.7. The Balaban J connectivity index is 2.75. The van der Waals surface area contributed by atoms with Crippen LogP contribution in [-0.2, 0) is 30.4 Å². The first-order valence-corrected chi connectivity index (χ1v) is 9.89. The zero-order valence-electron chi connectivity index (χ0n) is 17.4. The van der Waals surface area contributed by atoms with Gasteiger partial charge in [0.05, 0.1) is 31.0 Å². The summed E-state index contributed by atoms with van der Waals surface area (Å²) in [6.07, 6.45) is 3.49. The number of imidazole rings is 1. The van der Waals surface area contributed by atoms with E-state index in [0.29, 0.717) is 25.1 Å². The van der Waals surface area contributed by atoms with Crippen LogP contribution in [0.25, 0.3) is 0 Å². The SMILES string of the molecule is NCCCC[C@H](NC(=O)[C@H](Cc1c[nH]cn1)NC(=O)CNC(=O)[C@@H](N)CC(=O)O)C(=O)O. The minimum atomic E-state index is -1.34. The van der Waals surface area contributed by atoms with Crippen molar-refractivity contribution in [2.75, 3.05) is 13.1 Å². The van der Waals surface area contributed by atoms with Gasteiger partial charge in [-0.1, -0.05) is 0 Å². The maximum atomic E-state index is 12.7. The summed E-state index contributed by atoms with van der Waals surface area (Å²) in [5, 5.41) is 25.0. The lowest BCUT2D eigenvalue weighted by Crippen LogP contribution is -2.54. The number of carbonyl (C=O) groups excluding carboxylic acids is 3. The summed E-state index contributed by atoms with van der Waals surface area (Å²) in [6.45, 7) is -0.171. The van der Waals surface area contributed by atoms with Crippen LogP contribution in [0.2, 0.25) is 0 Å². The molecule has 14 nitrogen and oxygen atoms in total. The van der Waals surface area contributed by atoms with E-state index < -0.39 is 60.8 Å². The average molecular weight is 455 g/mol. The van der Waals surface area contributed by atoms with Gasteiger partial charge in [0, 0.05) is 12.6 Å². The molecule has 1 aromatic heterocycles. The monoisotopic (exact) mass is 455 g/mol. The normalized spacial score (nSPS) is 13.4. The molecular weight excluding hydrogens is 426 g/mol. The summed E-state index contributed by atoms with van der Waals surface area (Å²) in [5.41, 5.74) is 11.3. The van der Waals surface area contributed by atoms with E-state index in [1.165, 1.54) is 12.5 Å². The van der Waals surface area contributed by atoms with Crippen LogP contribution in [0.15, 0.2) is 12.5 Å². The third-order valence-corrected chi connectivity index (χ3v) is 4.34. The molecule has 1 heterocycles. The summed E-state index contributed by atoms with van der Waals surface area (Å²) >= 11 is 0. The van der Waals surface area contributed by atoms with E-state index in [4.69, 9.17) is 16.6 Å². The van der Waals surface area contributed by atoms with Crippen LogP contribution in [0.4, 0.5) is 0 Å². The fourth-order valence-electron chi connectivity index (χ4n) is 2.67.